The first-order valence-electron chi connectivity index (χ1n) is 7.52. The predicted molar refractivity (Wildman–Crippen MR) is 104 cm³/mol. The largest absolute Gasteiger partial charge is 0.311 e. The Balaban J connectivity index is 1.70. The quantitative estimate of drug-likeness (QED) is 0.554. The van der Waals surface area contributed by atoms with Crippen molar-refractivity contribution in [3.63, 3.8) is 0 Å². The minimum atomic E-state index is 0.0288. The summed E-state index contributed by atoms with van der Waals surface area (Å²) in [6, 6.07) is 17.7. The molecule has 0 radical (unpaired) electrons. The second-order valence-corrected chi connectivity index (χ2v) is 8.10. The van der Waals surface area contributed by atoms with Gasteiger partial charge in [0.25, 0.3) is 5.91 Å². The summed E-state index contributed by atoms with van der Waals surface area (Å²) in [6.45, 7) is 0. The third kappa shape index (κ3) is 2.75. The molecule has 2 heterocycles. The van der Waals surface area contributed by atoms with Gasteiger partial charge in [0.2, 0.25) is 0 Å². The third-order valence-electron chi connectivity index (χ3n) is 4.04. The summed E-state index contributed by atoms with van der Waals surface area (Å²) in [4.78, 5) is 17.7. The zero-order valence-corrected chi connectivity index (χ0v) is 15.3. The van der Waals surface area contributed by atoms with Crippen LogP contribution in [0.1, 0.15) is 15.2 Å². The van der Waals surface area contributed by atoms with E-state index < -0.39 is 0 Å². The van der Waals surface area contributed by atoms with Crippen LogP contribution in [0.5, 0.6) is 0 Å². The Hall–Kier alpha value is -1.75. The van der Waals surface area contributed by atoms with Crippen molar-refractivity contribution in [2.75, 3.05) is 11.9 Å². The van der Waals surface area contributed by atoms with Gasteiger partial charge in [0.05, 0.1) is 4.88 Å². The number of anilines is 1. The molecule has 0 atom stereocenters. The van der Waals surface area contributed by atoms with Gasteiger partial charge < -0.3 is 4.90 Å². The van der Waals surface area contributed by atoms with Crippen molar-refractivity contribution in [2.45, 2.75) is 10.6 Å². The summed E-state index contributed by atoms with van der Waals surface area (Å²) < 4.78 is 0. The number of benzene rings is 2. The average molecular weight is 372 g/mol. The molecule has 2 aromatic carbocycles. The highest BCUT2D eigenvalue weighted by Crippen LogP contribution is 2.46. The molecule has 4 rings (SSSR count). The summed E-state index contributed by atoms with van der Waals surface area (Å²) in [5, 5.41) is 0.751. The molecule has 1 aliphatic heterocycles. The van der Waals surface area contributed by atoms with Crippen LogP contribution < -0.4 is 4.90 Å². The van der Waals surface area contributed by atoms with Crippen molar-refractivity contribution >= 4 is 46.3 Å². The summed E-state index contributed by atoms with van der Waals surface area (Å²) in [5.74, 6) is 0.905. The lowest BCUT2D eigenvalue weighted by Gasteiger charge is -2.16. The van der Waals surface area contributed by atoms with E-state index in [4.69, 9.17) is 11.6 Å². The standard InChI is InChI=1S/C19H14ClNOS2/c1-21(14-5-3-2-4-6-14)19(22)17-9-12-11-23-16-10-13(20)7-8-15(16)18(12)24-17/h2-10H,11H2,1H3. The monoisotopic (exact) mass is 371 g/mol. The lowest BCUT2D eigenvalue weighted by molar-refractivity contribution is 0.0997. The van der Waals surface area contributed by atoms with Gasteiger partial charge in [0.1, 0.15) is 0 Å². The van der Waals surface area contributed by atoms with E-state index in [-0.39, 0.29) is 5.91 Å². The molecule has 1 aliphatic rings. The maximum Gasteiger partial charge on any atom is 0.268 e. The first-order chi connectivity index (χ1) is 11.6. The van der Waals surface area contributed by atoms with E-state index in [9.17, 15) is 4.79 Å². The Labute approximate surface area is 154 Å². The van der Waals surface area contributed by atoms with Crippen LogP contribution in [0.3, 0.4) is 0 Å². The molecule has 120 valence electrons. The lowest BCUT2D eigenvalue weighted by atomic mass is 10.1. The van der Waals surface area contributed by atoms with Gasteiger partial charge in [-0.2, -0.15) is 0 Å². The molecule has 3 aromatic rings. The van der Waals surface area contributed by atoms with Gasteiger partial charge in [-0.1, -0.05) is 35.9 Å². The summed E-state index contributed by atoms with van der Waals surface area (Å²) in [5.41, 5.74) is 3.30. The van der Waals surface area contributed by atoms with Crippen LogP contribution in [0.25, 0.3) is 10.4 Å². The van der Waals surface area contributed by atoms with E-state index in [0.29, 0.717) is 0 Å². The van der Waals surface area contributed by atoms with Gasteiger partial charge in [0, 0.05) is 38.8 Å². The van der Waals surface area contributed by atoms with Crippen molar-refractivity contribution in [3.8, 4) is 10.4 Å². The fraction of sp³-hybridized carbons (Fsp3) is 0.105. The zero-order chi connectivity index (χ0) is 16.7. The lowest BCUT2D eigenvalue weighted by Crippen LogP contribution is -2.25. The number of amides is 1. The summed E-state index contributed by atoms with van der Waals surface area (Å²) in [7, 11) is 1.82. The van der Waals surface area contributed by atoms with Gasteiger partial charge in [-0.15, -0.1) is 23.1 Å². The number of nitrogens with zero attached hydrogens (tertiary/aromatic N) is 1. The zero-order valence-electron chi connectivity index (χ0n) is 13.0. The van der Waals surface area contributed by atoms with E-state index in [1.807, 2.05) is 61.6 Å². The number of carbonyl (C=O) groups is 1. The van der Waals surface area contributed by atoms with Crippen molar-refractivity contribution in [1.29, 1.82) is 0 Å². The Morgan fingerprint density at radius 2 is 1.92 bits per heavy atom. The van der Waals surface area contributed by atoms with Crippen molar-refractivity contribution in [3.05, 3.63) is 70.1 Å². The normalized spacial score (nSPS) is 12.4. The molecule has 1 aromatic heterocycles. The van der Waals surface area contributed by atoms with E-state index >= 15 is 0 Å². The number of hydrogen-bond donors (Lipinski definition) is 0. The van der Waals surface area contributed by atoms with Crippen LogP contribution in [-0.4, -0.2) is 13.0 Å². The van der Waals surface area contributed by atoms with Crippen LogP contribution in [0.4, 0.5) is 5.69 Å². The molecule has 1 amide bonds. The molecule has 0 saturated heterocycles. The molecule has 5 heteroatoms. The van der Waals surface area contributed by atoms with Crippen molar-refractivity contribution < 1.29 is 4.79 Å². The maximum atomic E-state index is 12.8. The topological polar surface area (TPSA) is 20.3 Å². The summed E-state index contributed by atoms with van der Waals surface area (Å²) >= 11 is 9.44. The average Bonchev–Trinajstić information content (AvgIpc) is 3.05. The molecule has 2 nitrogen and oxygen atoms in total. The second kappa shape index (κ2) is 6.28. The van der Waals surface area contributed by atoms with Crippen LogP contribution in [-0.2, 0) is 5.75 Å². The maximum absolute atomic E-state index is 12.8. The Morgan fingerprint density at radius 3 is 2.71 bits per heavy atom. The number of rotatable bonds is 2. The molecule has 0 aliphatic carbocycles. The van der Waals surface area contributed by atoms with Gasteiger partial charge in [-0.25, -0.2) is 0 Å². The molecule has 0 fully saturated rings. The highest BCUT2D eigenvalue weighted by atomic mass is 35.5. The second-order valence-electron chi connectivity index (χ2n) is 5.59. The van der Waals surface area contributed by atoms with Crippen LogP contribution >= 0.6 is 34.7 Å². The Bertz CT molecular complexity index is 920. The van der Waals surface area contributed by atoms with Gasteiger partial charge in [-0.3, -0.25) is 4.79 Å². The predicted octanol–water partition coefficient (Wildman–Crippen LogP) is 5.95. The van der Waals surface area contributed by atoms with Crippen LogP contribution in [0, 0.1) is 0 Å². The molecule has 24 heavy (non-hydrogen) atoms. The highest BCUT2D eigenvalue weighted by molar-refractivity contribution is 7.98. The van der Waals surface area contributed by atoms with E-state index in [1.54, 1.807) is 28.0 Å². The van der Waals surface area contributed by atoms with E-state index in [1.165, 1.54) is 20.9 Å². The molecular weight excluding hydrogens is 358 g/mol. The number of fused-ring (bicyclic) bond motifs is 3. The molecule has 0 saturated carbocycles. The number of hydrogen-bond acceptors (Lipinski definition) is 3. The summed E-state index contributed by atoms with van der Waals surface area (Å²) in [6.07, 6.45) is 0. The minimum Gasteiger partial charge on any atom is -0.311 e. The molecule has 0 unspecified atom stereocenters. The van der Waals surface area contributed by atoms with Gasteiger partial charge in [-0.05, 0) is 35.9 Å². The first-order valence-corrected chi connectivity index (χ1v) is 9.70. The minimum absolute atomic E-state index is 0.0288. The Kier molecular flexibility index (Phi) is 4.12. The van der Waals surface area contributed by atoms with Crippen molar-refractivity contribution in [2.24, 2.45) is 0 Å². The fourth-order valence-corrected chi connectivity index (χ4v) is 5.42. The van der Waals surface area contributed by atoms with Crippen LogP contribution in [0.15, 0.2) is 59.5 Å². The Morgan fingerprint density at radius 1 is 1.12 bits per heavy atom. The first kappa shape index (κ1) is 15.8. The fourth-order valence-electron chi connectivity index (χ4n) is 2.76. The third-order valence-corrected chi connectivity index (χ3v) is 6.58. The smallest absolute Gasteiger partial charge is 0.268 e. The number of halogens is 1. The molecule has 0 N–H and O–H groups in total. The number of carbonyl (C=O) groups excluding carboxylic acids is 1. The number of para-hydroxylation sites is 1. The van der Waals surface area contributed by atoms with Gasteiger partial charge >= 0.3 is 0 Å². The molecule has 0 spiro atoms. The number of thioether (sulfide) groups is 1. The molecular formula is C19H14ClNOS2. The van der Waals surface area contributed by atoms with Gasteiger partial charge in [0.15, 0.2) is 0 Å². The van der Waals surface area contributed by atoms with Crippen LogP contribution in [0.2, 0.25) is 5.02 Å². The SMILES string of the molecule is CN(C(=O)c1cc2c(s1)-c1ccc(Cl)cc1SC2)c1ccccc1. The van der Waals surface area contributed by atoms with E-state index in [2.05, 4.69) is 0 Å². The van der Waals surface area contributed by atoms with E-state index in [0.717, 1.165) is 21.3 Å². The molecule has 0 bridgehead atoms. The van der Waals surface area contributed by atoms with Crippen molar-refractivity contribution in [1.82, 2.24) is 0 Å². The number of thiophene rings is 1. The highest BCUT2D eigenvalue weighted by Gasteiger charge is 2.24.